The third kappa shape index (κ3) is 3.52. The predicted octanol–water partition coefficient (Wildman–Crippen LogP) is 1.79. The molecular weight excluding hydrogens is 285 g/mol. The summed E-state index contributed by atoms with van der Waals surface area (Å²) in [6, 6.07) is 5.17. The summed E-state index contributed by atoms with van der Waals surface area (Å²) >= 11 is 0. The lowest BCUT2D eigenvalue weighted by Gasteiger charge is -2.20. The Morgan fingerprint density at radius 2 is 1.95 bits per heavy atom. The van der Waals surface area contributed by atoms with E-state index in [1.54, 1.807) is 19.9 Å². The summed E-state index contributed by atoms with van der Waals surface area (Å²) in [5.41, 5.74) is 3.57. The molecule has 2 aromatic heterocycles. The molecular formula is C13H15F3N4O. The fourth-order valence-corrected chi connectivity index (χ4v) is 1.86. The summed E-state index contributed by atoms with van der Waals surface area (Å²) in [7, 11) is 0. The second-order valence-electron chi connectivity index (χ2n) is 5.44. The minimum absolute atomic E-state index is 0.0338. The van der Waals surface area contributed by atoms with Gasteiger partial charge < -0.3 is 5.73 Å². The molecule has 0 bridgehead atoms. The highest BCUT2D eigenvalue weighted by molar-refractivity contribution is 5.28. The van der Waals surface area contributed by atoms with E-state index < -0.39 is 23.0 Å². The number of rotatable bonds is 3. The number of aromatic nitrogens is 3. The largest absolute Gasteiger partial charge is 0.435 e. The summed E-state index contributed by atoms with van der Waals surface area (Å²) in [6.45, 7) is 3.37. The zero-order valence-corrected chi connectivity index (χ0v) is 11.6. The zero-order valence-electron chi connectivity index (χ0n) is 11.6. The molecule has 8 heteroatoms. The van der Waals surface area contributed by atoms with E-state index in [4.69, 9.17) is 5.73 Å². The molecule has 2 rings (SSSR count). The standard InChI is InChI=1S/C13H15F3N4O/c1-12(2,17)8-20-10(7-9(18-20)13(14,15)16)19-6-4-3-5-11(19)21/h3-7H,8,17H2,1-2H3. The Morgan fingerprint density at radius 3 is 2.48 bits per heavy atom. The molecule has 0 atom stereocenters. The van der Waals surface area contributed by atoms with Crippen LogP contribution in [0.4, 0.5) is 13.2 Å². The minimum atomic E-state index is -4.59. The molecule has 0 spiro atoms. The van der Waals surface area contributed by atoms with Crippen molar-refractivity contribution < 1.29 is 13.2 Å². The monoisotopic (exact) mass is 300 g/mol. The van der Waals surface area contributed by atoms with Crippen LogP contribution < -0.4 is 11.3 Å². The summed E-state index contributed by atoms with van der Waals surface area (Å²) in [6.07, 6.45) is -3.20. The van der Waals surface area contributed by atoms with Crippen molar-refractivity contribution in [1.29, 1.82) is 0 Å². The molecule has 5 nitrogen and oxygen atoms in total. The number of pyridine rings is 1. The third-order valence-electron chi connectivity index (χ3n) is 2.68. The Bertz CT molecular complexity index is 694. The normalized spacial score (nSPS) is 12.7. The first-order chi connectivity index (χ1) is 9.58. The summed E-state index contributed by atoms with van der Waals surface area (Å²) in [5, 5.41) is 3.54. The van der Waals surface area contributed by atoms with Gasteiger partial charge in [0.05, 0.1) is 6.54 Å². The molecule has 2 N–H and O–H groups in total. The third-order valence-corrected chi connectivity index (χ3v) is 2.68. The predicted molar refractivity (Wildman–Crippen MR) is 71.1 cm³/mol. The van der Waals surface area contributed by atoms with Crippen molar-refractivity contribution in [3.05, 3.63) is 46.5 Å². The van der Waals surface area contributed by atoms with Crippen LogP contribution in [0.2, 0.25) is 0 Å². The zero-order chi connectivity index (χ0) is 15.8. The fourth-order valence-electron chi connectivity index (χ4n) is 1.86. The second kappa shape index (κ2) is 5.03. The van der Waals surface area contributed by atoms with Gasteiger partial charge in [-0.05, 0) is 19.9 Å². The fraction of sp³-hybridized carbons (Fsp3) is 0.385. The van der Waals surface area contributed by atoms with Crippen molar-refractivity contribution in [2.24, 2.45) is 5.73 Å². The smallest absolute Gasteiger partial charge is 0.324 e. The molecule has 0 aliphatic rings. The SMILES string of the molecule is CC(C)(N)Cn1nc(C(F)(F)F)cc1-n1ccccc1=O. The Hall–Kier alpha value is -2.09. The molecule has 0 aliphatic heterocycles. The molecule has 0 unspecified atom stereocenters. The molecule has 0 amide bonds. The van der Waals surface area contributed by atoms with Crippen molar-refractivity contribution in [2.75, 3.05) is 0 Å². The summed E-state index contributed by atoms with van der Waals surface area (Å²) in [5.74, 6) is 0.0338. The van der Waals surface area contributed by atoms with E-state index in [2.05, 4.69) is 5.10 Å². The second-order valence-corrected chi connectivity index (χ2v) is 5.44. The lowest BCUT2D eigenvalue weighted by atomic mass is 10.1. The molecule has 0 radical (unpaired) electrons. The van der Waals surface area contributed by atoms with Gasteiger partial charge in [-0.3, -0.25) is 9.36 Å². The van der Waals surface area contributed by atoms with Crippen LogP contribution in [-0.4, -0.2) is 19.9 Å². The average Bonchev–Trinajstić information content (AvgIpc) is 2.71. The molecule has 0 saturated carbocycles. The molecule has 114 valence electrons. The highest BCUT2D eigenvalue weighted by Crippen LogP contribution is 2.29. The van der Waals surface area contributed by atoms with Crippen molar-refractivity contribution in [3.63, 3.8) is 0 Å². The van der Waals surface area contributed by atoms with E-state index in [0.29, 0.717) is 0 Å². The van der Waals surface area contributed by atoms with Crippen molar-refractivity contribution in [2.45, 2.75) is 32.1 Å². The number of nitrogens with two attached hydrogens (primary N) is 1. The van der Waals surface area contributed by atoms with E-state index in [1.165, 1.54) is 18.3 Å². The Balaban J connectivity index is 2.61. The van der Waals surface area contributed by atoms with Gasteiger partial charge in [-0.1, -0.05) is 6.07 Å². The van der Waals surface area contributed by atoms with E-state index in [0.717, 1.165) is 15.3 Å². The van der Waals surface area contributed by atoms with Gasteiger partial charge in [0.15, 0.2) is 5.69 Å². The first-order valence-electron chi connectivity index (χ1n) is 6.20. The summed E-state index contributed by atoms with van der Waals surface area (Å²) < 4.78 is 40.7. The molecule has 21 heavy (non-hydrogen) atoms. The van der Waals surface area contributed by atoms with Crippen LogP contribution in [0.3, 0.4) is 0 Å². The van der Waals surface area contributed by atoms with Crippen LogP contribution >= 0.6 is 0 Å². The maximum absolute atomic E-state index is 12.8. The van der Waals surface area contributed by atoms with E-state index in [9.17, 15) is 18.0 Å². The van der Waals surface area contributed by atoms with Gasteiger partial charge in [-0.15, -0.1) is 0 Å². The molecule has 2 heterocycles. The Morgan fingerprint density at radius 1 is 1.29 bits per heavy atom. The van der Waals surface area contributed by atoms with Gasteiger partial charge in [-0.25, -0.2) is 4.68 Å². The average molecular weight is 300 g/mol. The van der Waals surface area contributed by atoms with Crippen molar-refractivity contribution in [3.8, 4) is 5.82 Å². The van der Waals surface area contributed by atoms with Gasteiger partial charge in [0, 0.05) is 23.9 Å². The van der Waals surface area contributed by atoms with Gasteiger partial charge in [-0.2, -0.15) is 18.3 Å². The van der Waals surface area contributed by atoms with Crippen LogP contribution in [0.25, 0.3) is 5.82 Å². The number of hydrogen-bond donors (Lipinski definition) is 1. The quantitative estimate of drug-likeness (QED) is 0.940. The lowest BCUT2D eigenvalue weighted by molar-refractivity contribution is -0.141. The maximum Gasteiger partial charge on any atom is 0.435 e. The van der Waals surface area contributed by atoms with Crippen molar-refractivity contribution >= 4 is 0 Å². The molecule has 0 aromatic carbocycles. The van der Waals surface area contributed by atoms with E-state index >= 15 is 0 Å². The highest BCUT2D eigenvalue weighted by Gasteiger charge is 2.35. The highest BCUT2D eigenvalue weighted by atomic mass is 19.4. The first kappa shape index (κ1) is 15.3. The Kier molecular flexibility index (Phi) is 3.66. The van der Waals surface area contributed by atoms with Gasteiger partial charge in [0.2, 0.25) is 0 Å². The van der Waals surface area contributed by atoms with Crippen LogP contribution in [0.15, 0.2) is 35.3 Å². The number of hydrogen-bond acceptors (Lipinski definition) is 3. The number of alkyl halides is 3. The molecule has 2 aromatic rings. The molecule has 0 aliphatic carbocycles. The van der Waals surface area contributed by atoms with Gasteiger partial charge >= 0.3 is 6.18 Å². The van der Waals surface area contributed by atoms with E-state index in [-0.39, 0.29) is 12.4 Å². The van der Waals surface area contributed by atoms with Crippen LogP contribution in [0.1, 0.15) is 19.5 Å². The Labute approximate surface area is 118 Å². The number of nitrogens with zero attached hydrogens (tertiary/aromatic N) is 3. The van der Waals surface area contributed by atoms with E-state index in [1.807, 2.05) is 0 Å². The first-order valence-corrected chi connectivity index (χ1v) is 6.20. The van der Waals surface area contributed by atoms with Crippen LogP contribution in [0.5, 0.6) is 0 Å². The molecule has 0 saturated heterocycles. The van der Waals surface area contributed by atoms with Crippen LogP contribution in [-0.2, 0) is 12.7 Å². The maximum atomic E-state index is 12.8. The molecule has 0 fully saturated rings. The topological polar surface area (TPSA) is 65.8 Å². The van der Waals surface area contributed by atoms with Gasteiger partial charge in [0.25, 0.3) is 5.56 Å². The lowest BCUT2D eigenvalue weighted by Crippen LogP contribution is -2.38. The van der Waals surface area contributed by atoms with Crippen LogP contribution in [0, 0.1) is 0 Å². The van der Waals surface area contributed by atoms with Crippen molar-refractivity contribution in [1.82, 2.24) is 14.3 Å². The summed E-state index contributed by atoms with van der Waals surface area (Å²) in [4.78, 5) is 11.8. The van der Waals surface area contributed by atoms with Gasteiger partial charge in [0.1, 0.15) is 5.82 Å². The minimum Gasteiger partial charge on any atom is -0.324 e. The number of halogens is 3.